The van der Waals surface area contributed by atoms with Crippen LogP contribution in [0.3, 0.4) is 0 Å². The van der Waals surface area contributed by atoms with Crippen molar-refractivity contribution in [1.82, 2.24) is 15.2 Å². The number of nitrogens with zero attached hydrogens (tertiary/aromatic N) is 2. The average molecular weight is 544 g/mol. The molecule has 3 heterocycles. The van der Waals surface area contributed by atoms with Crippen LogP contribution < -0.4 is 5.32 Å². The number of fused-ring (bicyclic) bond motifs is 3. The summed E-state index contributed by atoms with van der Waals surface area (Å²) in [5, 5.41) is 13.1. The number of allylic oxidation sites excluding steroid dienone is 2. The Balaban J connectivity index is 1.87. The van der Waals surface area contributed by atoms with E-state index in [0.717, 1.165) is 5.57 Å². The number of hydrogen-bond acceptors (Lipinski definition) is 7. The van der Waals surface area contributed by atoms with Gasteiger partial charge in [-0.25, -0.2) is 9.78 Å². The first-order chi connectivity index (χ1) is 18.6. The number of oxazole rings is 1. The van der Waals surface area contributed by atoms with Gasteiger partial charge in [0.2, 0.25) is 5.91 Å². The number of esters is 1. The summed E-state index contributed by atoms with van der Waals surface area (Å²) in [6.45, 7) is 9.10. The maximum absolute atomic E-state index is 13.7. The Kier molecular flexibility index (Phi) is 10.8. The van der Waals surface area contributed by atoms with Gasteiger partial charge in [0.1, 0.15) is 18.4 Å². The molecule has 0 aliphatic carbocycles. The minimum absolute atomic E-state index is 0.0632. The largest absolute Gasteiger partial charge is 0.460 e. The van der Waals surface area contributed by atoms with E-state index in [9.17, 15) is 23.9 Å². The van der Waals surface area contributed by atoms with E-state index in [0.29, 0.717) is 25.0 Å². The van der Waals surface area contributed by atoms with Crippen LogP contribution in [-0.4, -0.2) is 70.8 Å². The van der Waals surface area contributed by atoms with E-state index in [1.165, 1.54) is 17.2 Å². The summed E-state index contributed by atoms with van der Waals surface area (Å²) < 4.78 is 24.9. The number of rotatable bonds is 2. The second-order valence-electron chi connectivity index (χ2n) is 10.3. The number of ether oxygens (including phenoxy) is 1. The second-order valence-corrected chi connectivity index (χ2v) is 10.3. The van der Waals surface area contributed by atoms with E-state index in [1.807, 2.05) is 6.92 Å². The molecule has 1 saturated heterocycles. The Morgan fingerprint density at radius 2 is 2.08 bits per heavy atom. The highest BCUT2D eigenvalue weighted by Gasteiger charge is 2.39. The van der Waals surface area contributed by atoms with Crippen molar-refractivity contribution in [2.45, 2.75) is 64.7 Å². The number of cyclic esters (lactones) is 1. The number of hydrogen-bond donors (Lipinski definition) is 2. The third kappa shape index (κ3) is 8.48. The Morgan fingerprint density at radius 1 is 1.31 bits per heavy atom. The van der Waals surface area contributed by atoms with E-state index in [1.54, 1.807) is 38.2 Å². The minimum atomic E-state index is -0.833. The highest BCUT2D eigenvalue weighted by molar-refractivity contribution is 5.95. The zero-order valence-corrected chi connectivity index (χ0v) is 22.8. The standard InChI is InChI=1S/C29H38FN3O6/c1-18-7-5-11-31-25(35)10-9-20(3)27(21(4)16-30)39-29(37)24-8-6-12-33(24)28(36)23-17-38-26(32-23)15-19(2)14-22(34)13-18/h5,7,9-10,13,17,20-22,24,27,34H,2,6,8,11-12,14-16H2,1,3-4H3,(H,31,35)/b7-5+,10-9+,18-13+/t20-,21-,22-,24-,27+/m1/s1. The number of carbonyl (C=O) groups is 3. The minimum Gasteiger partial charge on any atom is -0.460 e. The van der Waals surface area contributed by atoms with E-state index in [2.05, 4.69) is 16.9 Å². The van der Waals surface area contributed by atoms with E-state index in [4.69, 9.17) is 9.15 Å². The first-order valence-corrected chi connectivity index (χ1v) is 13.3. The van der Waals surface area contributed by atoms with Crippen LogP contribution in [0.4, 0.5) is 4.39 Å². The van der Waals surface area contributed by atoms with Crippen LogP contribution in [0.5, 0.6) is 0 Å². The normalized spacial score (nSPS) is 30.0. The monoisotopic (exact) mass is 543 g/mol. The molecule has 0 saturated carbocycles. The van der Waals surface area contributed by atoms with Crippen molar-refractivity contribution in [1.29, 1.82) is 0 Å². The maximum Gasteiger partial charge on any atom is 0.329 e. The fourth-order valence-electron chi connectivity index (χ4n) is 4.75. The summed E-state index contributed by atoms with van der Waals surface area (Å²) in [4.78, 5) is 44.4. The maximum atomic E-state index is 13.7. The van der Waals surface area contributed by atoms with Crippen molar-refractivity contribution in [2.24, 2.45) is 11.8 Å². The smallest absolute Gasteiger partial charge is 0.329 e. The van der Waals surface area contributed by atoms with Crippen molar-refractivity contribution < 1.29 is 33.0 Å². The van der Waals surface area contributed by atoms with Gasteiger partial charge in [-0.1, -0.05) is 55.9 Å². The van der Waals surface area contributed by atoms with Gasteiger partial charge in [0.15, 0.2) is 11.6 Å². The van der Waals surface area contributed by atoms with Crippen LogP contribution in [0.2, 0.25) is 0 Å². The van der Waals surface area contributed by atoms with Crippen molar-refractivity contribution in [2.75, 3.05) is 19.8 Å². The molecule has 39 heavy (non-hydrogen) atoms. The summed E-state index contributed by atoms with van der Waals surface area (Å²) in [7, 11) is 0. The predicted octanol–water partition coefficient (Wildman–Crippen LogP) is 3.47. The van der Waals surface area contributed by atoms with Crippen LogP contribution in [-0.2, 0) is 20.7 Å². The first-order valence-electron chi connectivity index (χ1n) is 13.3. The van der Waals surface area contributed by atoms with Gasteiger partial charge >= 0.3 is 5.97 Å². The van der Waals surface area contributed by atoms with Crippen molar-refractivity contribution in [3.63, 3.8) is 0 Å². The van der Waals surface area contributed by atoms with E-state index < -0.39 is 48.6 Å². The molecule has 3 rings (SSSR count). The van der Waals surface area contributed by atoms with Gasteiger partial charge < -0.3 is 24.5 Å². The summed E-state index contributed by atoms with van der Waals surface area (Å²) in [5.74, 6) is -2.21. The lowest BCUT2D eigenvalue weighted by molar-refractivity contribution is -0.158. The molecule has 9 nitrogen and oxygen atoms in total. The molecule has 2 aliphatic heterocycles. The van der Waals surface area contributed by atoms with Gasteiger partial charge in [-0.15, -0.1) is 0 Å². The zero-order chi connectivity index (χ0) is 28.5. The zero-order valence-electron chi connectivity index (χ0n) is 22.8. The Labute approximate surface area is 228 Å². The topological polar surface area (TPSA) is 122 Å². The molecule has 2 bridgehead atoms. The van der Waals surface area contributed by atoms with Gasteiger partial charge in [-0.3, -0.25) is 14.0 Å². The number of amides is 2. The van der Waals surface area contributed by atoms with Crippen molar-refractivity contribution in [3.8, 4) is 0 Å². The number of halogens is 1. The molecule has 0 spiro atoms. The third-order valence-corrected chi connectivity index (χ3v) is 6.81. The molecule has 0 unspecified atom stereocenters. The number of carbonyl (C=O) groups excluding carboxylic acids is 3. The van der Waals surface area contributed by atoms with Gasteiger partial charge in [0.05, 0.1) is 12.8 Å². The molecular formula is C29H38FN3O6. The molecule has 5 atom stereocenters. The molecule has 2 aliphatic rings. The number of aliphatic hydroxyl groups excluding tert-OH is 1. The summed E-state index contributed by atoms with van der Waals surface area (Å²) in [6, 6.07) is -0.833. The number of aliphatic hydroxyl groups is 1. The molecule has 2 amide bonds. The van der Waals surface area contributed by atoms with Crippen molar-refractivity contribution in [3.05, 3.63) is 66.0 Å². The molecule has 1 fully saturated rings. The Bertz CT molecular complexity index is 1140. The van der Waals surface area contributed by atoms with Crippen molar-refractivity contribution >= 4 is 17.8 Å². The molecular weight excluding hydrogens is 505 g/mol. The quantitative estimate of drug-likeness (QED) is 0.433. The molecule has 0 radical (unpaired) electrons. The van der Waals surface area contributed by atoms with Gasteiger partial charge in [-0.05, 0) is 32.3 Å². The highest BCUT2D eigenvalue weighted by atomic mass is 19.1. The number of nitrogens with one attached hydrogen (secondary N) is 1. The Hall–Kier alpha value is -3.53. The molecule has 10 heteroatoms. The summed E-state index contributed by atoms with van der Waals surface area (Å²) >= 11 is 0. The number of alkyl halides is 1. The average Bonchev–Trinajstić information content (AvgIpc) is 3.57. The third-order valence-electron chi connectivity index (χ3n) is 6.81. The first kappa shape index (κ1) is 30.0. The molecule has 212 valence electrons. The van der Waals surface area contributed by atoms with Crippen LogP contribution in [0.1, 0.15) is 56.4 Å². The van der Waals surface area contributed by atoms with Gasteiger partial charge in [0, 0.05) is 31.3 Å². The molecule has 1 aromatic rings. The number of aromatic nitrogens is 1. The lowest BCUT2D eigenvalue weighted by atomic mass is 9.93. The van der Waals surface area contributed by atoms with Gasteiger partial charge in [0.25, 0.3) is 5.91 Å². The second kappa shape index (κ2) is 14.0. The van der Waals surface area contributed by atoms with Crippen LogP contribution in [0.25, 0.3) is 0 Å². The predicted molar refractivity (Wildman–Crippen MR) is 143 cm³/mol. The lowest BCUT2D eigenvalue weighted by Crippen LogP contribution is -2.44. The van der Waals surface area contributed by atoms with Crippen LogP contribution in [0, 0.1) is 11.8 Å². The fraction of sp³-hybridized carbons (Fsp3) is 0.517. The van der Waals surface area contributed by atoms with Gasteiger partial charge in [-0.2, -0.15) is 0 Å². The van der Waals surface area contributed by atoms with E-state index >= 15 is 0 Å². The van der Waals surface area contributed by atoms with Crippen LogP contribution in [0.15, 0.2) is 58.8 Å². The summed E-state index contributed by atoms with van der Waals surface area (Å²) in [6.07, 6.45) is 9.31. The SMILES string of the molecule is C=C1Cc2nc(co2)C(=O)N2CCC[C@@H]2C(=O)O[C@H]([C@H](C)CF)[C@H](C)/C=C/C(=O)NC/C=C/C(C)=C/[C@@H](O)C1. The lowest BCUT2D eigenvalue weighted by Gasteiger charge is -2.29. The fourth-order valence-corrected chi connectivity index (χ4v) is 4.75. The molecule has 2 N–H and O–H groups in total. The van der Waals surface area contributed by atoms with Crippen LogP contribution >= 0.6 is 0 Å². The molecule has 0 aromatic carbocycles. The highest BCUT2D eigenvalue weighted by Crippen LogP contribution is 2.26. The summed E-state index contributed by atoms with van der Waals surface area (Å²) in [5.41, 5.74) is 1.54. The molecule has 1 aromatic heterocycles. The Morgan fingerprint density at radius 3 is 2.82 bits per heavy atom. The van der Waals surface area contributed by atoms with E-state index in [-0.39, 0.29) is 36.9 Å².